The molecule has 0 heterocycles. The van der Waals surface area contributed by atoms with E-state index in [4.69, 9.17) is 11.5 Å². The minimum atomic E-state index is -0.900. The number of esters is 4. The van der Waals surface area contributed by atoms with Crippen LogP contribution >= 0.6 is 0 Å². The molecule has 0 aliphatic heterocycles. The summed E-state index contributed by atoms with van der Waals surface area (Å²) in [6, 6.07) is -1.76. The topological polar surface area (TPSA) is 139 Å². The van der Waals surface area contributed by atoms with Gasteiger partial charge in [-0.3, -0.25) is 9.59 Å². The zero-order valence-electron chi connectivity index (χ0n) is 11.6. The lowest BCUT2D eigenvalue weighted by atomic mass is 10.2. The molecule has 20 heavy (non-hydrogen) atoms. The Morgan fingerprint density at radius 1 is 0.800 bits per heavy atom. The van der Waals surface area contributed by atoms with E-state index in [1.54, 1.807) is 13.8 Å². The second kappa shape index (κ2) is 9.16. The minimum absolute atomic E-state index is 0.331. The van der Waals surface area contributed by atoms with E-state index in [-0.39, 0.29) is 12.8 Å². The van der Waals surface area contributed by atoms with Crippen molar-refractivity contribution < 1.29 is 28.7 Å². The Morgan fingerprint density at radius 2 is 1.10 bits per heavy atom. The lowest BCUT2D eigenvalue weighted by Crippen LogP contribution is -2.34. The molecule has 0 aromatic rings. The maximum atomic E-state index is 11.2. The van der Waals surface area contributed by atoms with Gasteiger partial charge in [-0.15, -0.1) is 0 Å². The van der Waals surface area contributed by atoms with E-state index in [1.165, 1.54) is 0 Å². The van der Waals surface area contributed by atoms with E-state index in [1.807, 2.05) is 0 Å². The summed E-state index contributed by atoms with van der Waals surface area (Å²) >= 11 is 0. The van der Waals surface area contributed by atoms with Gasteiger partial charge in [-0.05, 0) is 12.8 Å². The van der Waals surface area contributed by atoms with Crippen molar-refractivity contribution in [3.63, 3.8) is 0 Å². The normalized spacial score (nSPS) is 13.2. The van der Waals surface area contributed by atoms with E-state index in [9.17, 15) is 19.2 Å². The Labute approximate surface area is 116 Å². The molecule has 0 aromatic carbocycles. The fraction of sp³-hybridized carbons (Fsp3) is 0.667. The molecule has 0 spiro atoms. The molecular formula is C12H20N2O6. The Kier molecular flexibility index (Phi) is 8.33. The van der Waals surface area contributed by atoms with E-state index < -0.39 is 36.0 Å². The van der Waals surface area contributed by atoms with Crippen molar-refractivity contribution in [3.05, 3.63) is 0 Å². The summed E-state index contributed by atoms with van der Waals surface area (Å²) in [5.74, 6) is -3.50. The molecule has 0 aliphatic carbocycles. The summed E-state index contributed by atoms with van der Waals surface area (Å²) in [7, 11) is 0. The predicted molar refractivity (Wildman–Crippen MR) is 68.0 cm³/mol. The van der Waals surface area contributed by atoms with Crippen molar-refractivity contribution >= 4 is 23.9 Å². The first-order valence-electron chi connectivity index (χ1n) is 6.31. The quantitative estimate of drug-likeness (QED) is 0.466. The first kappa shape index (κ1) is 18.2. The number of hydrogen-bond acceptors (Lipinski definition) is 8. The fourth-order valence-electron chi connectivity index (χ4n) is 1.02. The zero-order chi connectivity index (χ0) is 15.7. The average molecular weight is 288 g/mol. The van der Waals surface area contributed by atoms with Crippen LogP contribution in [0.1, 0.15) is 39.5 Å². The second-order valence-corrected chi connectivity index (χ2v) is 4.12. The van der Waals surface area contributed by atoms with Crippen LogP contribution in [0.3, 0.4) is 0 Å². The molecule has 0 rings (SSSR count). The summed E-state index contributed by atoms with van der Waals surface area (Å²) in [4.78, 5) is 44.8. The summed E-state index contributed by atoms with van der Waals surface area (Å²) in [5.41, 5.74) is 10.7. The van der Waals surface area contributed by atoms with E-state index >= 15 is 0 Å². The van der Waals surface area contributed by atoms with Crippen molar-refractivity contribution in [3.8, 4) is 0 Å². The largest absolute Gasteiger partial charge is 0.392 e. The third kappa shape index (κ3) is 6.95. The molecule has 0 aliphatic rings. The highest BCUT2D eigenvalue weighted by Crippen LogP contribution is 2.00. The molecule has 2 atom stereocenters. The van der Waals surface area contributed by atoms with Gasteiger partial charge in [0.1, 0.15) is 12.1 Å². The third-order valence-corrected chi connectivity index (χ3v) is 2.45. The van der Waals surface area contributed by atoms with Gasteiger partial charge in [0.15, 0.2) is 0 Å². The van der Waals surface area contributed by atoms with E-state index in [2.05, 4.69) is 9.47 Å². The van der Waals surface area contributed by atoms with Crippen molar-refractivity contribution in [1.29, 1.82) is 0 Å². The number of nitrogens with two attached hydrogens (primary N) is 2. The van der Waals surface area contributed by atoms with Gasteiger partial charge in [-0.2, -0.15) is 0 Å². The summed E-state index contributed by atoms with van der Waals surface area (Å²) in [6.45, 7) is 3.33. The molecule has 0 radical (unpaired) electrons. The number of rotatable bonds is 7. The maximum Gasteiger partial charge on any atom is 0.330 e. The first-order chi connectivity index (χ1) is 9.31. The average Bonchev–Trinajstić information content (AvgIpc) is 2.42. The molecule has 0 fully saturated rings. The van der Waals surface area contributed by atoms with Crippen LogP contribution in [0.2, 0.25) is 0 Å². The lowest BCUT2D eigenvalue weighted by Gasteiger charge is -2.08. The minimum Gasteiger partial charge on any atom is -0.392 e. The Bertz CT molecular complexity index is 346. The summed E-state index contributed by atoms with van der Waals surface area (Å²) in [6.07, 6.45) is -0.0968. The molecule has 2 unspecified atom stereocenters. The molecule has 4 N–H and O–H groups in total. The van der Waals surface area contributed by atoms with Crippen molar-refractivity contribution in [2.45, 2.75) is 51.6 Å². The number of hydrogen-bond donors (Lipinski definition) is 2. The molecule has 0 saturated heterocycles. The Hall–Kier alpha value is -1.80. The van der Waals surface area contributed by atoms with Crippen molar-refractivity contribution in [2.75, 3.05) is 0 Å². The molecule has 0 aromatic heterocycles. The van der Waals surface area contributed by atoms with Crippen LogP contribution in [0.5, 0.6) is 0 Å². The predicted octanol–water partition coefficient (Wildman–Crippen LogP) is -0.619. The smallest absolute Gasteiger partial charge is 0.330 e. The zero-order valence-corrected chi connectivity index (χ0v) is 11.6. The molecule has 114 valence electrons. The van der Waals surface area contributed by atoms with Crippen LogP contribution in [0, 0.1) is 0 Å². The molecule has 0 amide bonds. The highest BCUT2D eigenvalue weighted by atomic mass is 16.6. The first-order valence-corrected chi connectivity index (χ1v) is 6.31. The molecular weight excluding hydrogens is 268 g/mol. The molecule has 0 saturated carbocycles. The Balaban J connectivity index is 4.04. The standard InChI is InChI=1S/C12H20N2O6/c1-3-7(13)11(17)19-9(15)5-6-10(16)20-12(18)8(14)4-2/h7-8H,3-6,13-14H2,1-2H3. The fourth-order valence-corrected chi connectivity index (χ4v) is 1.02. The van der Waals surface area contributed by atoms with Crippen molar-refractivity contribution in [1.82, 2.24) is 0 Å². The van der Waals surface area contributed by atoms with Gasteiger partial charge >= 0.3 is 23.9 Å². The van der Waals surface area contributed by atoms with E-state index in [0.29, 0.717) is 12.8 Å². The lowest BCUT2D eigenvalue weighted by molar-refractivity contribution is -0.166. The van der Waals surface area contributed by atoms with Gasteiger partial charge in [0, 0.05) is 0 Å². The highest BCUT2D eigenvalue weighted by molar-refractivity contribution is 5.92. The van der Waals surface area contributed by atoms with Crippen LogP contribution in [-0.2, 0) is 28.7 Å². The van der Waals surface area contributed by atoms with Crippen molar-refractivity contribution in [2.24, 2.45) is 11.5 Å². The van der Waals surface area contributed by atoms with Crippen LogP contribution in [0.25, 0.3) is 0 Å². The van der Waals surface area contributed by atoms with Gasteiger partial charge in [0.25, 0.3) is 0 Å². The molecule has 8 nitrogen and oxygen atoms in total. The van der Waals surface area contributed by atoms with E-state index in [0.717, 1.165) is 0 Å². The van der Waals surface area contributed by atoms with Gasteiger partial charge < -0.3 is 20.9 Å². The molecule has 0 bridgehead atoms. The van der Waals surface area contributed by atoms with Gasteiger partial charge in [-0.1, -0.05) is 13.8 Å². The number of ether oxygens (including phenoxy) is 2. The van der Waals surface area contributed by atoms with Crippen LogP contribution in [0.15, 0.2) is 0 Å². The summed E-state index contributed by atoms with van der Waals surface area (Å²) < 4.78 is 8.81. The molecule has 8 heteroatoms. The van der Waals surface area contributed by atoms with Gasteiger partial charge in [-0.25, -0.2) is 9.59 Å². The maximum absolute atomic E-state index is 11.2. The van der Waals surface area contributed by atoms with Crippen LogP contribution in [-0.4, -0.2) is 36.0 Å². The van der Waals surface area contributed by atoms with Gasteiger partial charge in [0.05, 0.1) is 12.8 Å². The summed E-state index contributed by atoms with van der Waals surface area (Å²) in [5, 5.41) is 0. The number of carbonyl (C=O) groups is 4. The SMILES string of the molecule is CCC(N)C(=O)OC(=O)CCC(=O)OC(=O)C(N)CC. The van der Waals surface area contributed by atoms with Crippen LogP contribution in [0.4, 0.5) is 0 Å². The second-order valence-electron chi connectivity index (χ2n) is 4.12. The monoisotopic (exact) mass is 288 g/mol. The van der Waals surface area contributed by atoms with Gasteiger partial charge in [0.2, 0.25) is 0 Å². The van der Waals surface area contributed by atoms with Crippen LogP contribution < -0.4 is 11.5 Å². The third-order valence-electron chi connectivity index (χ3n) is 2.45. The highest BCUT2D eigenvalue weighted by Gasteiger charge is 2.20. The Morgan fingerprint density at radius 3 is 1.35 bits per heavy atom. The number of carbonyl (C=O) groups excluding carboxylic acids is 4.